The molecule has 0 saturated carbocycles. The van der Waals surface area contributed by atoms with Crippen molar-refractivity contribution >= 4 is 56.6 Å². The zero-order chi connectivity index (χ0) is 16.8. The highest BCUT2D eigenvalue weighted by Crippen LogP contribution is 2.26. The predicted octanol–water partition coefficient (Wildman–Crippen LogP) is 4.65. The first-order valence-corrected chi connectivity index (χ1v) is 8.63. The van der Waals surface area contributed by atoms with Crippen molar-refractivity contribution in [1.82, 2.24) is 14.9 Å². The van der Waals surface area contributed by atoms with Crippen molar-refractivity contribution in [3.63, 3.8) is 0 Å². The van der Waals surface area contributed by atoms with Gasteiger partial charge in [0.05, 0.1) is 4.47 Å². The number of benzene rings is 1. The Morgan fingerprint density at radius 1 is 1.17 bits per heavy atom. The summed E-state index contributed by atoms with van der Waals surface area (Å²) in [5.74, 6) is 1.22. The third-order valence-corrected chi connectivity index (χ3v) is 3.95. The number of rotatable bonds is 7. The van der Waals surface area contributed by atoms with Gasteiger partial charge in [-0.2, -0.15) is 4.98 Å². The quantitative estimate of drug-likeness (QED) is 0.640. The topological polar surface area (TPSA) is 53.1 Å². The van der Waals surface area contributed by atoms with E-state index in [1.54, 1.807) is 24.4 Å². The predicted molar refractivity (Wildman–Crippen MR) is 101 cm³/mol. The molecule has 1 aromatic carbocycles. The molecule has 1 heterocycles. The van der Waals surface area contributed by atoms with Gasteiger partial charge < -0.3 is 15.5 Å². The fraction of sp³-hybridized carbons (Fsp3) is 0.333. The van der Waals surface area contributed by atoms with E-state index in [0.717, 1.165) is 35.5 Å². The molecule has 8 heteroatoms. The SMILES string of the molecule is CN(C)CCCNc1nc(Nc2cc(Cl)cc(Cl)c2)ncc1Br. The Morgan fingerprint density at radius 2 is 1.87 bits per heavy atom. The third-order valence-electron chi connectivity index (χ3n) is 2.94. The highest BCUT2D eigenvalue weighted by molar-refractivity contribution is 9.10. The van der Waals surface area contributed by atoms with Crippen LogP contribution in [0.4, 0.5) is 17.5 Å². The van der Waals surface area contributed by atoms with Gasteiger partial charge in [-0.3, -0.25) is 0 Å². The van der Waals surface area contributed by atoms with Crippen molar-refractivity contribution in [2.75, 3.05) is 37.8 Å². The van der Waals surface area contributed by atoms with Gasteiger partial charge in [0.1, 0.15) is 5.82 Å². The average molecular weight is 419 g/mol. The first-order chi connectivity index (χ1) is 10.9. The highest BCUT2D eigenvalue weighted by atomic mass is 79.9. The van der Waals surface area contributed by atoms with Gasteiger partial charge in [-0.05, 0) is 61.2 Å². The Hall–Kier alpha value is -1.08. The summed E-state index contributed by atoms with van der Waals surface area (Å²) in [5, 5.41) is 7.51. The molecular formula is C15H18BrCl2N5. The molecule has 1 aromatic heterocycles. The van der Waals surface area contributed by atoms with Crippen LogP contribution in [0, 0.1) is 0 Å². The van der Waals surface area contributed by atoms with E-state index in [4.69, 9.17) is 23.2 Å². The van der Waals surface area contributed by atoms with Gasteiger partial charge in [0, 0.05) is 28.5 Å². The molecular weight excluding hydrogens is 401 g/mol. The van der Waals surface area contributed by atoms with Gasteiger partial charge in [-0.15, -0.1) is 0 Å². The molecule has 0 radical (unpaired) electrons. The second kappa shape index (κ2) is 8.68. The second-order valence-corrected chi connectivity index (χ2v) is 6.98. The smallest absolute Gasteiger partial charge is 0.229 e. The average Bonchev–Trinajstić information content (AvgIpc) is 2.45. The molecule has 2 aromatic rings. The number of halogens is 3. The minimum atomic E-state index is 0.474. The Bertz CT molecular complexity index is 646. The number of nitrogens with one attached hydrogen (secondary N) is 2. The summed E-state index contributed by atoms with van der Waals surface area (Å²) in [6, 6.07) is 5.21. The van der Waals surface area contributed by atoms with E-state index in [2.05, 4.69) is 55.5 Å². The number of anilines is 3. The van der Waals surface area contributed by atoms with Crippen molar-refractivity contribution in [2.24, 2.45) is 0 Å². The van der Waals surface area contributed by atoms with Crippen molar-refractivity contribution in [3.8, 4) is 0 Å². The van der Waals surface area contributed by atoms with Gasteiger partial charge in [0.25, 0.3) is 0 Å². The molecule has 23 heavy (non-hydrogen) atoms. The number of hydrogen-bond acceptors (Lipinski definition) is 5. The molecule has 124 valence electrons. The maximum Gasteiger partial charge on any atom is 0.229 e. The Balaban J connectivity index is 2.04. The fourth-order valence-corrected chi connectivity index (χ4v) is 2.77. The Morgan fingerprint density at radius 3 is 2.52 bits per heavy atom. The molecule has 0 fully saturated rings. The van der Waals surface area contributed by atoms with Gasteiger partial charge in [0.2, 0.25) is 5.95 Å². The highest BCUT2D eigenvalue weighted by Gasteiger charge is 2.06. The molecule has 0 spiro atoms. The molecule has 2 rings (SSSR count). The van der Waals surface area contributed by atoms with Crippen LogP contribution in [0.15, 0.2) is 28.9 Å². The molecule has 0 unspecified atom stereocenters. The van der Waals surface area contributed by atoms with E-state index >= 15 is 0 Å². The molecule has 2 N–H and O–H groups in total. The van der Waals surface area contributed by atoms with Gasteiger partial charge in [-0.1, -0.05) is 23.2 Å². The molecule has 0 atom stereocenters. The van der Waals surface area contributed by atoms with Crippen LogP contribution < -0.4 is 10.6 Å². The third kappa shape index (κ3) is 6.14. The lowest BCUT2D eigenvalue weighted by Crippen LogP contribution is -2.17. The maximum absolute atomic E-state index is 5.99. The normalized spacial score (nSPS) is 10.9. The number of nitrogens with zero attached hydrogens (tertiary/aromatic N) is 3. The number of aromatic nitrogens is 2. The van der Waals surface area contributed by atoms with E-state index in [0.29, 0.717) is 16.0 Å². The van der Waals surface area contributed by atoms with E-state index in [-0.39, 0.29) is 0 Å². The number of hydrogen-bond donors (Lipinski definition) is 2. The first kappa shape index (κ1) is 18.3. The molecule has 0 aliphatic carbocycles. The standard InChI is InChI=1S/C15H18BrCl2N5/c1-23(2)5-3-4-19-14-13(16)9-20-15(22-14)21-12-7-10(17)6-11(18)8-12/h6-9H,3-5H2,1-2H3,(H2,19,20,21,22). The van der Waals surface area contributed by atoms with Crippen LogP contribution in [0.3, 0.4) is 0 Å². The van der Waals surface area contributed by atoms with Crippen molar-refractivity contribution in [2.45, 2.75) is 6.42 Å². The van der Waals surface area contributed by atoms with Crippen molar-refractivity contribution in [3.05, 3.63) is 38.9 Å². The van der Waals surface area contributed by atoms with Gasteiger partial charge in [-0.25, -0.2) is 4.98 Å². The molecule has 0 bridgehead atoms. The van der Waals surface area contributed by atoms with Crippen LogP contribution in [-0.4, -0.2) is 42.1 Å². The zero-order valence-corrected chi connectivity index (χ0v) is 16.0. The summed E-state index contributed by atoms with van der Waals surface area (Å²) in [4.78, 5) is 10.9. The maximum atomic E-state index is 5.99. The summed E-state index contributed by atoms with van der Waals surface area (Å²) in [5.41, 5.74) is 0.739. The van der Waals surface area contributed by atoms with Crippen molar-refractivity contribution < 1.29 is 0 Å². The minimum Gasteiger partial charge on any atom is -0.369 e. The van der Waals surface area contributed by atoms with E-state index < -0.39 is 0 Å². The summed E-state index contributed by atoms with van der Waals surface area (Å²) < 4.78 is 0.817. The van der Waals surface area contributed by atoms with E-state index in [9.17, 15) is 0 Å². The lowest BCUT2D eigenvalue weighted by molar-refractivity contribution is 0.405. The summed E-state index contributed by atoms with van der Waals surface area (Å²) in [7, 11) is 4.11. The first-order valence-electron chi connectivity index (χ1n) is 7.08. The molecule has 5 nitrogen and oxygen atoms in total. The summed E-state index contributed by atoms with van der Waals surface area (Å²) >= 11 is 15.4. The fourth-order valence-electron chi connectivity index (χ4n) is 1.91. The van der Waals surface area contributed by atoms with Crippen molar-refractivity contribution in [1.29, 1.82) is 0 Å². The molecule has 0 aliphatic heterocycles. The van der Waals surface area contributed by atoms with Crippen LogP contribution in [0.5, 0.6) is 0 Å². The van der Waals surface area contributed by atoms with E-state index in [1.165, 1.54) is 0 Å². The minimum absolute atomic E-state index is 0.474. The van der Waals surface area contributed by atoms with Gasteiger partial charge in [0.15, 0.2) is 0 Å². The van der Waals surface area contributed by atoms with Crippen LogP contribution >= 0.6 is 39.1 Å². The summed E-state index contributed by atoms with van der Waals surface area (Å²) in [6.45, 7) is 1.85. The lowest BCUT2D eigenvalue weighted by atomic mass is 10.3. The van der Waals surface area contributed by atoms with Crippen LogP contribution in [-0.2, 0) is 0 Å². The monoisotopic (exact) mass is 417 g/mol. The van der Waals surface area contributed by atoms with E-state index in [1.807, 2.05) is 0 Å². The molecule has 0 saturated heterocycles. The molecule has 0 amide bonds. The van der Waals surface area contributed by atoms with Crippen LogP contribution in [0.2, 0.25) is 10.0 Å². The zero-order valence-electron chi connectivity index (χ0n) is 12.9. The largest absolute Gasteiger partial charge is 0.369 e. The summed E-state index contributed by atoms with van der Waals surface area (Å²) in [6.07, 6.45) is 2.73. The van der Waals surface area contributed by atoms with Crippen LogP contribution in [0.25, 0.3) is 0 Å². The Labute approximate surface area is 154 Å². The Kier molecular flexibility index (Phi) is 6.89. The lowest BCUT2D eigenvalue weighted by Gasteiger charge is -2.12. The van der Waals surface area contributed by atoms with Gasteiger partial charge >= 0.3 is 0 Å². The second-order valence-electron chi connectivity index (χ2n) is 5.26. The molecule has 0 aliphatic rings. The van der Waals surface area contributed by atoms with Crippen LogP contribution in [0.1, 0.15) is 6.42 Å².